The number of carbonyl (C=O) groups is 1. The van der Waals surface area contributed by atoms with Crippen LogP contribution in [0.1, 0.15) is 12.5 Å². The molecular formula is C13H18BrClN2O. The quantitative estimate of drug-likeness (QED) is 0.893. The first-order valence-corrected chi connectivity index (χ1v) is 6.65. The molecule has 0 aromatic heterocycles. The molecule has 0 aliphatic carbocycles. The number of carbonyl (C=O) groups excluding carboxylic acids is 1. The highest BCUT2D eigenvalue weighted by atomic mass is 79.9. The lowest BCUT2D eigenvalue weighted by Crippen LogP contribution is -2.48. The molecule has 5 heteroatoms. The second-order valence-corrected chi connectivity index (χ2v) is 5.57. The number of aryl methyl sites for hydroxylation is 1. The minimum absolute atomic E-state index is 0. The average Bonchev–Trinajstić information content (AvgIpc) is 2.19. The lowest BCUT2D eigenvalue weighted by molar-refractivity contribution is -0.121. The van der Waals surface area contributed by atoms with Gasteiger partial charge in [0, 0.05) is 16.1 Å². The molecule has 0 saturated carbocycles. The van der Waals surface area contributed by atoms with Crippen LogP contribution < -0.4 is 10.6 Å². The van der Waals surface area contributed by atoms with Crippen LogP contribution in [-0.2, 0) is 4.79 Å². The average molecular weight is 334 g/mol. The number of hydrogen-bond acceptors (Lipinski definition) is 2. The molecule has 100 valence electrons. The SMILES string of the molecule is Cc1cc(Br)ccc1NC(=O)C(C)C1CNC1.Cl. The summed E-state index contributed by atoms with van der Waals surface area (Å²) in [6.45, 7) is 5.90. The molecule has 1 aliphatic heterocycles. The van der Waals surface area contributed by atoms with E-state index in [0.29, 0.717) is 5.92 Å². The third kappa shape index (κ3) is 3.46. The van der Waals surface area contributed by atoms with Gasteiger partial charge in [-0.05, 0) is 49.7 Å². The van der Waals surface area contributed by atoms with E-state index >= 15 is 0 Å². The first kappa shape index (κ1) is 15.5. The number of anilines is 1. The van der Waals surface area contributed by atoms with Crippen LogP contribution in [0.3, 0.4) is 0 Å². The molecule has 1 aromatic carbocycles. The van der Waals surface area contributed by atoms with Crippen LogP contribution >= 0.6 is 28.3 Å². The fourth-order valence-electron chi connectivity index (χ4n) is 1.89. The summed E-state index contributed by atoms with van der Waals surface area (Å²) in [7, 11) is 0. The number of nitrogens with one attached hydrogen (secondary N) is 2. The minimum Gasteiger partial charge on any atom is -0.326 e. The van der Waals surface area contributed by atoms with Gasteiger partial charge in [0.25, 0.3) is 0 Å². The Morgan fingerprint density at radius 2 is 2.17 bits per heavy atom. The van der Waals surface area contributed by atoms with Crippen LogP contribution in [0, 0.1) is 18.8 Å². The molecule has 3 nitrogen and oxygen atoms in total. The predicted octanol–water partition coefficient (Wildman–Crippen LogP) is 2.97. The molecule has 1 saturated heterocycles. The van der Waals surface area contributed by atoms with Gasteiger partial charge in [0.2, 0.25) is 5.91 Å². The summed E-state index contributed by atoms with van der Waals surface area (Å²) in [5.41, 5.74) is 1.98. The summed E-state index contributed by atoms with van der Waals surface area (Å²) in [5, 5.41) is 6.19. The number of rotatable bonds is 3. The lowest BCUT2D eigenvalue weighted by atomic mass is 9.88. The largest absolute Gasteiger partial charge is 0.326 e. The van der Waals surface area contributed by atoms with Gasteiger partial charge < -0.3 is 10.6 Å². The normalized spacial score (nSPS) is 16.4. The highest BCUT2D eigenvalue weighted by Gasteiger charge is 2.28. The van der Waals surface area contributed by atoms with Gasteiger partial charge in [-0.15, -0.1) is 12.4 Å². The summed E-state index contributed by atoms with van der Waals surface area (Å²) in [4.78, 5) is 12.0. The molecule has 0 spiro atoms. The maximum Gasteiger partial charge on any atom is 0.227 e. The first-order chi connectivity index (χ1) is 8.08. The molecule has 0 radical (unpaired) electrons. The van der Waals surface area contributed by atoms with Crippen LogP contribution in [0.2, 0.25) is 0 Å². The van der Waals surface area contributed by atoms with Crippen LogP contribution in [0.4, 0.5) is 5.69 Å². The van der Waals surface area contributed by atoms with E-state index in [4.69, 9.17) is 0 Å². The van der Waals surface area contributed by atoms with E-state index in [-0.39, 0.29) is 24.2 Å². The topological polar surface area (TPSA) is 41.1 Å². The molecular weight excluding hydrogens is 316 g/mol. The standard InChI is InChI=1S/C13H17BrN2O.ClH/c1-8-5-11(14)3-4-12(8)16-13(17)9(2)10-6-15-7-10;/h3-5,9-10,15H,6-7H2,1-2H3,(H,16,17);1H. The summed E-state index contributed by atoms with van der Waals surface area (Å²) < 4.78 is 1.03. The van der Waals surface area contributed by atoms with Crippen molar-refractivity contribution in [3.8, 4) is 0 Å². The van der Waals surface area contributed by atoms with E-state index in [9.17, 15) is 4.79 Å². The maximum absolute atomic E-state index is 12.0. The molecule has 0 bridgehead atoms. The minimum atomic E-state index is 0. The van der Waals surface area contributed by atoms with Crippen molar-refractivity contribution in [2.24, 2.45) is 11.8 Å². The van der Waals surface area contributed by atoms with Crippen LogP contribution in [0.25, 0.3) is 0 Å². The zero-order valence-electron chi connectivity index (χ0n) is 10.5. The smallest absolute Gasteiger partial charge is 0.227 e. The molecule has 1 aliphatic rings. The Morgan fingerprint density at radius 3 is 2.67 bits per heavy atom. The summed E-state index contributed by atoms with van der Waals surface area (Å²) in [6.07, 6.45) is 0. The van der Waals surface area contributed by atoms with Gasteiger partial charge in [-0.1, -0.05) is 22.9 Å². The fraction of sp³-hybridized carbons (Fsp3) is 0.462. The van der Waals surface area contributed by atoms with Crippen molar-refractivity contribution in [2.75, 3.05) is 18.4 Å². The number of halogens is 2. The Morgan fingerprint density at radius 1 is 1.50 bits per heavy atom. The van der Waals surface area contributed by atoms with Crippen molar-refractivity contribution in [1.82, 2.24) is 5.32 Å². The molecule has 1 unspecified atom stereocenters. The third-order valence-electron chi connectivity index (χ3n) is 3.38. The zero-order chi connectivity index (χ0) is 12.4. The van der Waals surface area contributed by atoms with Crippen molar-refractivity contribution < 1.29 is 4.79 Å². The van der Waals surface area contributed by atoms with Gasteiger partial charge in [0.15, 0.2) is 0 Å². The molecule has 18 heavy (non-hydrogen) atoms. The van der Waals surface area contributed by atoms with E-state index in [1.807, 2.05) is 32.0 Å². The highest BCUT2D eigenvalue weighted by molar-refractivity contribution is 9.10. The Balaban J connectivity index is 0.00000162. The van der Waals surface area contributed by atoms with Crippen LogP contribution in [0.15, 0.2) is 22.7 Å². The fourth-order valence-corrected chi connectivity index (χ4v) is 2.37. The van der Waals surface area contributed by atoms with Gasteiger partial charge >= 0.3 is 0 Å². The van der Waals surface area contributed by atoms with Gasteiger partial charge in [0.05, 0.1) is 0 Å². The van der Waals surface area contributed by atoms with Crippen LogP contribution in [0.5, 0.6) is 0 Å². The Hall–Kier alpha value is -0.580. The number of hydrogen-bond donors (Lipinski definition) is 2. The Labute approximate surface area is 122 Å². The van der Waals surface area contributed by atoms with Crippen molar-refractivity contribution in [1.29, 1.82) is 0 Å². The Kier molecular flexibility index (Phi) is 5.63. The van der Waals surface area contributed by atoms with Gasteiger partial charge in [-0.2, -0.15) is 0 Å². The van der Waals surface area contributed by atoms with Crippen molar-refractivity contribution in [3.05, 3.63) is 28.2 Å². The molecule has 2 rings (SSSR count). The van der Waals surface area contributed by atoms with Gasteiger partial charge in [0.1, 0.15) is 0 Å². The summed E-state index contributed by atoms with van der Waals surface area (Å²) >= 11 is 3.41. The van der Waals surface area contributed by atoms with E-state index < -0.39 is 0 Å². The highest BCUT2D eigenvalue weighted by Crippen LogP contribution is 2.22. The lowest BCUT2D eigenvalue weighted by Gasteiger charge is -2.31. The molecule has 1 atom stereocenters. The van der Waals surface area contributed by atoms with Crippen molar-refractivity contribution in [2.45, 2.75) is 13.8 Å². The van der Waals surface area contributed by atoms with E-state index in [0.717, 1.165) is 28.8 Å². The number of benzene rings is 1. The van der Waals surface area contributed by atoms with Crippen molar-refractivity contribution in [3.63, 3.8) is 0 Å². The van der Waals surface area contributed by atoms with Gasteiger partial charge in [-0.3, -0.25) is 4.79 Å². The Bertz CT molecular complexity index is 435. The monoisotopic (exact) mass is 332 g/mol. The second kappa shape index (κ2) is 6.55. The molecule has 1 amide bonds. The predicted molar refractivity (Wildman–Crippen MR) is 80.3 cm³/mol. The maximum atomic E-state index is 12.0. The molecule has 2 N–H and O–H groups in total. The van der Waals surface area contributed by atoms with Crippen molar-refractivity contribution >= 4 is 39.9 Å². The molecule has 1 fully saturated rings. The van der Waals surface area contributed by atoms with E-state index in [1.165, 1.54) is 0 Å². The summed E-state index contributed by atoms with van der Waals surface area (Å²) in [5.74, 6) is 0.659. The van der Waals surface area contributed by atoms with Crippen LogP contribution in [-0.4, -0.2) is 19.0 Å². The summed E-state index contributed by atoms with van der Waals surface area (Å²) in [6, 6.07) is 5.88. The zero-order valence-corrected chi connectivity index (χ0v) is 12.9. The third-order valence-corrected chi connectivity index (χ3v) is 3.87. The molecule has 1 heterocycles. The molecule has 1 aromatic rings. The van der Waals surface area contributed by atoms with E-state index in [2.05, 4.69) is 26.6 Å². The first-order valence-electron chi connectivity index (χ1n) is 5.85. The van der Waals surface area contributed by atoms with Gasteiger partial charge in [-0.25, -0.2) is 0 Å². The second-order valence-electron chi connectivity index (χ2n) is 4.66. The van der Waals surface area contributed by atoms with E-state index in [1.54, 1.807) is 0 Å². The number of amides is 1.